The number of para-hydroxylation sites is 1. The average molecular weight is 312 g/mol. The summed E-state index contributed by atoms with van der Waals surface area (Å²) in [6.07, 6.45) is 0.321. The van der Waals surface area contributed by atoms with Crippen molar-refractivity contribution >= 4 is 23.2 Å². The molecule has 1 aliphatic heterocycles. The van der Waals surface area contributed by atoms with Crippen LogP contribution < -0.4 is 20.1 Å². The van der Waals surface area contributed by atoms with Gasteiger partial charge in [0.2, 0.25) is 5.91 Å². The van der Waals surface area contributed by atoms with E-state index in [0.29, 0.717) is 29.2 Å². The quantitative estimate of drug-likeness (QED) is 0.909. The number of anilines is 2. The van der Waals surface area contributed by atoms with E-state index in [9.17, 15) is 9.59 Å². The second kappa shape index (κ2) is 6.00. The third kappa shape index (κ3) is 2.83. The summed E-state index contributed by atoms with van der Waals surface area (Å²) < 4.78 is 10.5. The molecule has 6 nitrogen and oxygen atoms in total. The lowest BCUT2D eigenvalue weighted by Gasteiger charge is -2.13. The van der Waals surface area contributed by atoms with Gasteiger partial charge in [-0.05, 0) is 35.9 Å². The molecule has 0 unspecified atom stereocenters. The first-order valence-electron chi connectivity index (χ1n) is 7.07. The number of hydrogen-bond acceptors (Lipinski definition) is 4. The van der Waals surface area contributed by atoms with Crippen molar-refractivity contribution in [3.8, 4) is 11.5 Å². The lowest BCUT2D eigenvalue weighted by molar-refractivity contribution is -0.115. The normalized spacial score (nSPS) is 12.3. The molecule has 0 atom stereocenters. The molecule has 0 fully saturated rings. The zero-order chi connectivity index (χ0) is 16.4. The van der Waals surface area contributed by atoms with E-state index < -0.39 is 0 Å². The van der Waals surface area contributed by atoms with E-state index in [2.05, 4.69) is 10.6 Å². The molecular weight excluding hydrogens is 296 g/mol. The zero-order valence-corrected chi connectivity index (χ0v) is 12.8. The van der Waals surface area contributed by atoms with Gasteiger partial charge in [-0.1, -0.05) is 6.07 Å². The van der Waals surface area contributed by atoms with Crippen LogP contribution in [-0.2, 0) is 11.2 Å². The highest BCUT2D eigenvalue weighted by atomic mass is 16.5. The number of benzene rings is 2. The van der Waals surface area contributed by atoms with Crippen LogP contribution in [0.3, 0.4) is 0 Å². The topological polar surface area (TPSA) is 76.7 Å². The molecule has 2 aromatic carbocycles. The van der Waals surface area contributed by atoms with Gasteiger partial charge in [-0.15, -0.1) is 0 Å². The summed E-state index contributed by atoms with van der Waals surface area (Å²) in [4.78, 5) is 23.9. The van der Waals surface area contributed by atoms with E-state index in [1.54, 1.807) is 36.4 Å². The van der Waals surface area contributed by atoms with E-state index in [-0.39, 0.29) is 11.8 Å². The summed E-state index contributed by atoms with van der Waals surface area (Å²) in [7, 11) is 3.01. The molecule has 1 heterocycles. The predicted molar refractivity (Wildman–Crippen MR) is 86.3 cm³/mol. The summed E-state index contributed by atoms with van der Waals surface area (Å²) in [5, 5.41) is 5.57. The number of methoxy groups -OCH3 is 2. The predicted octanol–water partition coefficient (Wildman–Crippen LogP) is 2.45. The highest BCUT2D eigenvalue weighted by molar-refractivity contribution is 6.07. The van der Waals surface area contributed by atoms with Crippen LogP contribution >= 0.6 is 0 Å². The number of ether oxygens (including phenoxy) is 2. The van der Waals surface area contributed by atoms with E-state index in [1.807, 2.05) is 0 Å². The highest BCUT2D eigenvalue weighted by Gasteiger charge is 2.20. The molecule has 0 aromatic heterocycles. The van der Waals surface area contributed by atoms with Crippen LogP contribution in [0, 0.1) is 0 Å². The first kappa shape index (κ1) is 14.9. The molecule has 23 heavy (non-hydrogen) atoms. The molecule has 1 aliphatic rings. The SMILES string of the molecule is COc1cccc(C(=O)Nc2ccc3c(c2)CC(=O)N3)c1OC. The summed E-state index contributed by atoms with van der Waals surface area (Å²) in [5.41, 5.74) is 2.65. The van der Waals surface area contributed by atoms with E-state index in [4.69, 9.17) is 9.47 Å². The summed E-state index contributed by atoms with van der Waals surface area (Å²) in [5.74, 6) is 0.519. The molecule has 0 saturated carbocycles. The standard InChI is InChI=1S/C17H16N2O4/c1-22-14-5-3-4-12(16(14)23-2)17(21)18-11-6-7-13-10(8-11)9-15(20)19-13/h3-8H,9H2,1-2H3,(H,18,21)(H,19,20). The molecule has 0 aliphatic carbocycles. The number of nitrogens with one attached hydrogen (secondary N) is 2. The van der Waals surface area contributed by atoms with Crippen LogP contribution in [0.4, 0.5) is 11.4 Å². The summed E-state index contributed by atoms with van der Waals surface area (Å²) in [6.45, 7) is 0. The fraction of sp³-hybridized carbons (Fsp3) is 0.176. The number of amides is 2. The first-order valence-corrected chi connectivity index (χ1v) is 7.07. The Balaban J connectivity index is 1.86. The summed E-state index contributed by atoms with van der Waals surface area (Å²) >= 11 is 0. The maximum atomic E-state index is 12.5. The van der Waals surface area contributed by atoms with Crippen LogP contribution in [0.1, 0.15) is 15.9 Å². The van der Waals surface area contributed by atoms with E-state index in [0.717, 1.165) is 11.3 Å². The van der Waals surface area contributed by atoms with Gasteiger partial charge in [0.25, 0.3) is 5.91 Å². The Morgan fingerprint density at radius 3 is 2.74 bits per heavy atom. The van der Waals surface area contributed by atoms with Gasteiger partial charge in [-0.25, -0.2) is 0 Å². The second-order valence-corrected chi connectivity index (χ2v) is 5.09. The van der Waals surface area contributed by atoms with Gasteiger partial charge in [0.1, 0.15) is 0 Å². The van der Waals surface area contributed by atoms with Gasteiger partial charge in [0.05, 0.1) is 26.2 Å². The average Bonchev–Trinajstić information content (AvgIpc) is 2.93. The smallest absolute Gasteiger partial charge is 0.259 e. The minimum absolute atomic E-state index is 0.0436. The number of hydrogen-bond donors (Lipinski definition) is 2. The highest BCUT2D eigenvalue weighted by Crippen LogP contribution is 2.32. The van der Waals surface area contributed by atoms with E-state index in [1.165, 1.54) is 14.2 Å². The maximum Gasteiger partial charge on any atom is 0.259 e. The van der Waals surface area contributed by atoms with Crippen LogP contribution in [0.2, 0.25) is 0 Å². The van der Waals surface area contributed by atoms with E-state index >= 15 is 0 Å². The molecule has 6 heteroatoms. The third-order valence-corrected chi connectivity index (χ3v) is 3.64. The Bertz CT molecular complexity index is 786. The monoisotopic (exact) mass is 312 g/mol. The Labute approximate surface area is 133 Å². The lowest BCUT2D eigenvalue weighted by atomic mass is 10.1. The molecule has 0 radical (unpaired) electrons. The molecule has 0 saturated heterocycles. The van der Waals surface area contributed by atoms with Crippen molar-refractivity contribution in [1.29, 1.82) is 0 Å². The van der Waals surface area contributed by atoms with Crippen molar-refractivity contribution < 1.29 is 19.1 Å². The molecule has 0 bridgehead atoms. The summed E-state index contributed by atoms with van der Waals surface area (Å²) in [6, 6.07) is 10.4. The lowest BCUT2D eigenvalue weighted by Crippen LogP contribution is -2.13. The Morgan fingerprint density at radius 1 is 1.17 bits per heavy atom. The van der Waals surface area contributed by atoms with Crippen LogP contribution in [0.15, 0.2) is 36.4 Å². The number of rotatable bonds is 4. The van der Waals surface area contributed by atoms with Crippen LogP contribution in [0.5, 0.6) is 11.5 Å². The Kier molecular flexibility index (Phi) is 3.89. The van der Waals surface area contributed by atoms with Gasteiger partial charge >= 0.3 is 0 Å². The minimum Gasteiger partial charge on any atom is -0.493 e. The second-order valence-electron chi connectivity index (χ2n) is 5.09. The number of carbonyl (C=O) groups excluding carboxylic acids is 2. The van der Waals surface area contributed by atoms with Crippen molar-refractivity contribution in [3.05, 3.63) is 47.5 Å². The van der Waals surface area contributed by atoms with Gasteiger partial charge in [0, 0.05) is 11.4 Å². The van der Waals surface area contributed by atoms with Crippen molar-refractivity contribution in [3.63, 3.8) is 0 Å². The molecule has 118 valence electrons. The van der Waals surface area contributed by atoms with Crippen LogP contribution in [0.25, 0.3) is 0 Å². The van der Waals surface area contributed by atoms with Gasteiger partial charge < -0.3 is 20.1 Å². The van der Waals surface area contributed by atoms with Gasteiger partial charge in [-0.2, -0.15) is 0 Å². The Hall–Kier alpha value is -3.02. The first-order chi connectivity index (χ1) is 11.1. The Morgan fingerprint density at radius 2 is 2.00 bits per heavy atom. The number of fused-ring (bicyclic) bond motifs is 1. The molecule has 2 amide bonds. The van der Waals surface area contributed by atoms with Crippen LogP contribution in [-0.4, -0.2) is 26.0 Å². The number of carbonyl (C=O) groups is 2. The maximum absolute atomic E-state index is 12.5. The van der Waals surface area contributed by atoms with Gasteiger partial charge in [0.15, 0.2) is 11.5 Å². The molecule has 0 spiro atoms. The third-order valence-electron chi connectivity index (χ3n) is 3.64. The van der Waals surface area contributed by atoms with Crippen molar-refractivity contribution in [2.45, 2.75) is 6.42 Å². The fourth-order valence-corrected chi connectivity index (χ4v) is 2.57. The van der Waals surface area contributed by atoms with Crippen molar-refractivity contribution in [2.75, 3.05) is 24.9 Å². The molecule has 3 rings (SSSR count). The van der Waals surface area contributed by atoms with Crippen molar-refractivity contribution in [1.82, 2.24) is 0 Å². The largest absolute Gasteiger partial charge is 0.493 e. The molecule has 2 N–H and O–H groups in total. The zero-order valence-electron chi connectivity index (χ0n) is 12.8. The van der Waals surface area contributed by atoms with Crippen molar-refractivity contribution in [2.24, 2.45) is 0 Å². The molecular formula is C17H16N2O4. The van der Waals surface area contributed by atoms with Gasteiger partial charge in [-0.3, -0.25) is 9.59 Å². The minimum atomic E-state index is -0.307. The fourth-order valence-electron chi connectivity index (χ4n) is 2.57. The molecule has 2 aromatic rings.